The third-order valence-corrected chi connectivity index (χ3v) is 6.72. The summed E-state index contributed by atoms with van der Waals surface area (Å²) in [7, 11) is 0. The lowest BCUT2D eigenvalue weighted by Crippen LogP contribution is -2.51. The molecule has 0 unspecified atom stereocenters. The smallest absolute Gasteiger partial charge is 0.332 e. The summed E-state index contributed by atoms with van der Waals surface area (Å²) in [5.74, 6) is -1.40. The van der Waals surface area contributed by atoms with Crippen molar-refractivity contribution in [1.82, 2.24) is 4.90 Å². The Morgan fingerprint density at radius 1 is 1.19 bits per heavy atom. The molecule has 4 atom stereocenters. The van der Waals surface area contributed by atoms with E-state index in [0.717, 1.165) is 11.1 Å². The Morgan fingerprint density at radius 3 is 2.65 bits per heavy atom. The summed E-state index contributed by atoms with van der Waals surface area (Å²) in [6.07, 6.45) is 0. The van der Waals surface area contributed by atoms with E-state index in [9.17, 15) is 14.4 Å². The molecule has 0 aromatic heterocycles. The van der Waals surface area contributed by atoms with Crippen LogP contribution in [0.2, 0.25) is 0 Å². The minimum Gasteiger partial charge on any atom is -0.493 e. The highest BCUT2D eigenvalue weighted by molar-refractivity contribution is 6.24. The average molecular weight is 420 g/mol. The first kappa shape index (κ1) is 19.6. The van der Waals surface area contributed by atoms with Crippen LogP contribution < -0.4 is 9.64 Å². The molecule has 7 heteroatoms. The standard InChI is InChI=1S/C24H24N2O5/c1-4-30-21(27)19-17-13-31-18-11-10-14(2)12-16(18)20(17)26-23(29)25(22(28)24(19,26)3)15-8-6-5-7-9-15/h5-12,17,19-20H,4,13H2,1-3H3/t17-,19+,20+,24+/m1/s1. The van der Waals surface area contributed by atoms with Crippen LogP contribution in [-0.4, -0.2) is 41.6 Å². The second-order valence-corrected chi connectivity index (χ2v) is 8.47. The van der Waals surface area contributed by atoms with Crippen LogP contribution in [0.1, 0.15) is 31.0 Å². The van der Waals surface area contributed by atoms with E-state index in [0.29, 0.717) is 11.4 Å². The van der Waals surface area contributed by atoms with Crippen LogP contribution in [0.25, 0.3) is 0 Å². The lowest BCUT2D eigenvalue weighted by molar-refractivity contribution is -0.154. The van der Waals surface area contributed by atoms with Crippen LogP contribution in [0.3, 0.4) is 0 Å². The number of carbonyl (C=O) groups excluding carboxylic acids is 3. The highest BCUT2D eigenvalue weighted by atomic mass is 16.5. The van der Waals surface area contributed by atoms with E-state index >= 15 is 0 Å². The number of carbonyl (C=O) groups is 3. The van der Waals surface area contributed by atoms with Gasteiger partial charge in [-0.2, -0.15) is 0 Å². The van der Waals surface area contributed by atoms with Gasteiger partial charge >= 0.3 is 12.0 Å². The van der Waals surface area contributed by atoms with Crippen molar-refractivity contribution in [3.63, 3.8) is 0 Å². The number of nitrogens with zero attached hydrogens (tertiary/aromatic N) is 2. The maximum absolute atomic E-state index is 13.8. The molecule has 3 amide bonds. The Bertz CT molecular complexity index is 1080. The van der Waals surface area contributed by atoms with Gasteiger partial charge in [0.2, 0.25) is 0 Å². The number of rotatable bonds is 3. The number of anilines is 1. The van der Waals surface area contributed by atoms with Gasteiger partial charge in [0.25, 0.3) is 5.91 Å². The predicted molar refractivity (Wildman–Crippen MR) is 113 cm³/mol. The number of hydrogen-bond acceptors (Lipinski definition) is 5. The minimum absolute atomic E-state index is 0.198. The van der Waals surface area contributed by atoms with Crippen LogP contribution in [0, 0.1) is 18.8 Å². The second-order valence-electron chi connectivity index (χ2n) is 8.47. The van der Waals surface area contributed by atoms with Crippen molar-refractivity contribution in [3.05, 3.63) is 59.7 Å². The molecule has 0 N–H and O–H groups in total. The molecule has 7 nitrogen and oxygen atoms in total. The van der Waals surface area contributed by atoms with Gasteiger partial charge in [-0.15, -0.1) is 0 Å². The zero-order valence-electron chi connectivity index (χ0n) is 17.7. The lowest BCUT2D eigenvalue weighted by atomic mass is 9.77. The number of aryl methyl sites for hydroxylation is 1. The number of para-hydroxylation sites is 1. The van der Waals surface area contributed by atoms with E-state index in [4.69, 9.17) is 9.47 Å². The summed E-state index contributed by atoms with van der Waals surface area (Å²) >= 11 is 0. The van der Waals surface area contributed by atoms with Crippen molar-refractivity contribution in [3.8, 4) is 5.75 Å². The van der Waals surface area contributed by atoms with Crippen molar-refractivity contribution in [2.24, 2.45) is 11.8 Å². The SMILES string of the molecule is CCOC(=O)[C@@H]1[C@H]2COc3ccc(C)cc3[C@@H]2N2C(=O)N(c3ccccc3)C(=O)[C@]12C. The van der Waals surface area contributed by atoms with Gasteiger partial charge in [0.15, 0.2) is 0 Å². The largest absolute Gasteiger partial charge is 0.493 e. The molecule has 0 spiro atoms. The molecule has 2 aromatic carbocycles. The Morgan fingerprint density at radius 2 is 1.94 bits per heavy atom. The normalized spacial score (nSPS) is 28.7. The number of esters is 1. The number of fused-ring (bicyclic) bond motifs is 5. The number of amides is 3. The highest BCUT2D eigenvalue weighted by Crippen LogP contribution is 2.58. The maximum atomic E-state index is 13.8. The van der Waals surface area contributed by atoms with Crippen LogP contribution in [0.15, 0.2) is 48.5 Å². The van der Waals surface area contributed by atoms with Crippen molar-refractivity contribution >= 4 is 23.6 Å². The monoisotopic (exact) mass is 420 g/mol. The van der Waals surface area contributed by atoms with E-state index in [1.165, 1.54) is 4.90 Å². The van der Waals surface area contributed by atoms with Gasteiger partial charge in [-0.1, -0.05) is 35.9 Å². The van der Waals surface area contributed by atoms with Crippen molar-refractivity contribution in [2.45, 2.75) is 32.4 Å². The van der Waals surface area contributed by atoms with Gasteiger partial charge in [0.1, 0.15) is 11.3 Å². The molecule has 3 aliphatic rings. The Labute approximate surface area is 180 Å². The van der Waals surface area contributed by atoms with Gasteiger partial charge in [-0.3, -0.25) is 9.59 Å². The van der Waals surface area contributed by atoms with Crippen LogP contribution in [0.4, 0.5) is 10.5 Å². The number of benzene rings is 2. The van der Waals surface area contributed by atoms with E-state index in [1.807, 2.05) is 31.2 Å². The minimum atomic E-state index is -1.36. The fourth-order valence-corrected chi connectivity index (χ4v) is 5.42. The molecule has 5 rings (SSSR count). The zero-order chi connectivity index (χ0) is 21.9. The van der Waals surface area contributed by atoms with Crippen LogP contribution in [0.5, 0.6) is 5.75 Å². The average Bonchev–Trinajstić information content (AvgIpc) is 3.14. The van der Waals surface area contributed by atoms with Gasteiger partial charge in [-0.25, -0.2) is 9.69 Å². The van der Waals surface area contributed by atoms with Gasteiger partial charge in [0, 0.05) is 11.5 Å². The molecular formula is C24H24N2O5. The quantitative estimate of drug-likeness (QED) is 0.561. The molecule has 2 saturated heterocycles. The highest BCUT2D eigenvalue weighted by Gasteiger charge is 2.72. The molecule has 0 aliphatic carbocycles. The summed E-state index contributed by atoms with van der Waals surface area (Å²) in [6, 6.07) is 13.8. The molecule has 2 aromatic rings. The summed E-state index contributed by atoms with van der Waals surface area (Å²) in [6.45, 7) is 5.82. The van der Waals surface area contributed by atoms with E-state index < -0.39 is 35.4 Å². The predicted octanol–water partition coefficient (Wildman–Crippen LogP) is 3.47. The summed E-state index contributed by atoms with van der Waals surface area (Å²) in [5, 5.41) is 0. The molecule has 160 valence electrons. The Hall–Kier alpha value is -3.35. The number of hydrogen-bond donors (Lipinski definition) is 0. The molecule has 2 fully saturated rings. The third kappa shape index (κ3) is 2.55. The van der Waals surface area contributed by atoms with Gasteiger partial charge in [-0.05, 0) is 39.0 Å². The first-order valence-electron chi connectivity index (χ1n) is 10.5. The number of ether oxygens (including phenoxy) is 2. The number of urea groups is 1. The summed E-state index contributed by atoms with van der Waals surface area (Å²) in [5.41, 5.74) is 0.972. The van der Waals surface area contributed by atoms with Crippen LogP contribution >= 0.6 is 0 Å². The fourth-order valence-electron chi connectivity index (χ4n) is 5.42. The van der Waals surface area contributed by atoms with Crippen molar-refractivity contribution < 1.29 is 23.9 Å². The van der Waals surface area contributed by atoms with E-state index in [-0.39, 0.29) is 19.1 Å². The molecule has 0 saturated carbocycles. The van der Waals surface area contributed by atoms with E-state index in [2.05, 4.69) is 0 Å². The van der Waals surface area contributed by atoms with Crippen molar-refractivity contribution in [2.75, 3.05) is 18.1 Å². The second kappa shape index (κ2) is 6.83. The molecule has 31 heavy (non-hydrogen) atoms. The first-order chi connectivity index (χ1) is 14.9. The zero-order valence-corrected chi connectivity index (χ0v) is 17.7. The summed E-state index contributed by atoms with van der Waals surface area (Å²) in [4.78, 5) is 43.4. The van der Waals surface area contributed by atoms with Crippen molar-refractivity contribution in [1.29, 1.82) is 0 Å². The fraction of sp³-hybridized carbons (Fsp3) is 0.375. The molecule has 3 heterocycles. The molecular weight excluding hydrogens is 396 g/mol. The molecule has 0 radical (unpaired) electrons. The first-order valence-corrected chi connectivity index (χ1v) is 10.5. The molecule has 3 aliphatic heterocycles. The third-order valence-electron chi connectivity index (χ3n) is 6.72. The Balaban J connectivity index is 1.70. The number of imide groups is 1. The molecule has 0 bridgehead atoms. The summed E-state index contributed by atoms with van der Waals surface area (Å²) < 4.78 is 11.4. The Kier molecular flexibility index (Phi) is 4.32. The van der Waals surface area contributed by atoms with Gasteiger partial charge < -0.3 is 14.4 Å². The lowest BCUT2D eigenvalue weighted by Gasteiger charge is -2.34. The van der Waals surface area contributed by atoms with Gasteiger partial charge in [0.05, 0.1) is 30.9 Å². The maximum Gasteiger partial charge on any atom is 0.332 e. The van der Waals surface area contributed by atoms with Crippen LogP contribution in [-0.2, 0) is 14.3 Å². The topological polar surface area (TPSA) is 76.2 Å². The van der Waals surface area contributed by atoms with E-state index in [1.54, 1.807) is 43.0 Å².